The van der Waals surface area contributed by atoms with Crippen molar-refractivity contribution in [3.05, 3.63) is 48.0 Å². The fourth-order valence-electron chi connectivity index (χ4n) is 2.45. The highest BCUT2D eigenvalue weighted by Gasteiger charge is 2.31. The van der Waals surface area contributed by atoms with E-state index in [-0.39, 0.29) is 5.75 Å². The molecule has 104 valence electrons. The standard InChI is InChI=1S/C15H12F3NO/c16-15(17,18)20-11-6-4-10(5-7-11)12-2-1-3-14-13(12)8-9-19-14/h1-7,19H,8-9H2. The average Bonchev–Trinajstić information content (AvgIpc) is 2.86. The third-order valence-electron chi connectivity index (χ3n) is 3.27. The third-order valence-corrected chi connectivity index (χ3v) is 3.27. The molecule has 2 aromatic rings. The molecule has 0 bridgehead atoms. The van der Waals surface area contributed by atoms with Gasteiger partial charge in [0.05, 0.1) is 0 Å². The molecule has 0 aromatic heterocycles. The number of alkyl halides is 3. The van der Waals surface area contributed by atoms with Crippen LogP contribution in [-0.2, 0) is 6.42 Å². The number of benzene rings is 2. The van der Waals surface area contributed by atoms with E-state index < -0.39 is 6.36 Å². The first-order chi connectivity index (χ1) is 9.53. The summed E-state index contributed by atoms with van der Waals surface area (Å²) in [4.78, 5) is 0. The second-order valence-electron chi connectivity index (χ2n) is 4.58. The zero-order chi connectivity index (χ0) is 14.2. The van der Waals surface area contributed by atoms with E-state index in [2.05, 4.69) is 10.1 Å². The molecule has 0 unspecified atom stereocenters. The molecule has 0 fully saturated rings. The van der Waals surface area contributed by atoms with E-state index in [1.807, 2.05) is 18.2 Å². The van der Waals surface area contributed by atoms with Gasteiger partial charge in [-0.1, -0.05) is 24.3 Å². The summed E-state index contributed by atoms with van der Waals surface area (Å²) < 4.78 is 40.2. The van der Waals surface area contributed by atoms with Crippen LogP contribution >= 0.6 is 0 Å². The van der Waals surface area contributed by atoms with Crippen LogP contribution in [0.15, 0.2) is 42.5 Å². The number of rotatable bonds is 2. The van der Waals surface area contributed by atoms with Crippen molar-refractivity contribution < 1.29 is 17.9 Å². The number of ether oxygens (including phenoxy) is 1. The molecule has 0 saturated carbocycles. The zero-order valence-corrected chi connectivity index (χ0v) is 10.5. The van der Waals surface area contributed by atoms with Crippen LogP contribution in [0.1, 0.15) is 5.56 Å². The Morgan fingerprint density at radius 1 is 1.00 bits per heavy atom. The predicted molar refractivity (Wildman–Crippen MR) is 70.8 cm³/mol. The van der Waals surface area contributed by atoms with Crippen molar-refractivity contribution in [3.63, 3.8) is 0 Å². The van der Waals surface area contributed by atoms with Gasteiger partial charge in [0.2, 0.25) is 0 Å². The molecule has 0 atom stereocenters. The number of hydrogen-bond donors (Lipinski definition) is 1. The molecule has 1 heterocycles. The molecule has 5 heteroatoms. The van der Waals surface area contributed by atoms with E-state index in [4.69, 9.17) is 0 Å². The molecule has 1 aliphatic rings. The lowest BCUT2D eigenvalue weighted by atomic mass is 9.98. The Morgan fingerprint density at radius 3 is 2.45 bits per heavy atom. The Hall–Kier alpha value is -2.17. The maximum Gasteiger partial charge on any atom is 0.573 e. The molecule has 0 aliphatic carbocycles. The first-order valence-electron chi connectivity index (χ1n) is 6.25. The van der Waals surface area contributed by atoms with Gasteiger partial charge in [-0.3, -0.25) is 0 Å². The number of anilines is 1. The number of halogens is 3. The Kier molecular flexibility index (Phi) is 3.04. The molecule has 1 N–H and O–H groups in total. The first kappa shape index (κ1) is 12.8. The molecule has 0 amide bonds. The third kappa shape index (κ3) is 2.57. The van der Waals surface area contributed by atoms with Gasteiger partial charge in [-0.15, -0.1) is 13.2 Å². The van der Waals surface area contributed by atoms with Crippen LogP contribution in [0.2, 0.25) is 0 Å². The highest BCUT2D eigenvalue weighted by atomic mass is 19.4. The van der Waals surface area contributed by atoms with Crippen LogP contribution in [0.4, 0.5) is 18.9 Å². The average molecular weight is 279 g/mol. The van der Waals surface area contributed by atoms with E-state index in [9.17, 15) is 13.2 Å². The topological polar surface area (TPSA) is 21.3 Å². The molecule has 0 saturated heterocycles. The van der Waals surface area contributed by atoms with Crippen molar-refractivity contribution in [2.45, 2.75) is 12.8 Å². The van der Waals surface area contributed by atoms with E-state index >= 15 is 0 Å². The van der Waals surface area contributed by atoms with Crippen molar-refractivity contribution in [1.29, 1.82) is 0 Å². The van der Waals surface area contributed by atoms with Gasteiger partial charge in [0, 0.05) is 12.2 Å². The van der Waals surface area contributed by atoms with Crippen molar-refractivity contribution in [2.24, 2.45) is 0 Å². The van der Waals surface area contributed by atoms with Crippen LogP contribution < -0.4 is 10.1 Å². The maximum atomic E-state index is 12.1. The van der Waals surface area contributed by atoms with Gasteiger partial charge < -0.3 is 10.1 Å². The predicted octanol–water partition coefficient (Wildman–Crippen LogP) is 4.22. The van der Waals surface area contributed by atoms with Crippen molar-refractivity contribution in [3.8, 4) is 16.9 Å². The Labute approximate surface area is 114 Å². The fraction of sp³-hybridized carbons (Fsp3) is 0.200. The minimum atomic E-state index is -4.65. The quantitative estimate of drug-likeness (QED) is 0.888. The zero-order valence-electron chi connectivity index (χ0n) is 10.5. The summed E-state index contributed by atoms with van der Waals surface area (Å²) in [6.07, 6.45) is -3.73. The lowest BCUT2D eigenvalue weighted by Gasteiger charge is -2.11. The summed E-state index contributed by atoms with van der Waals surface area (Å²) in [5.74, 6) is -0.202. The molecule has 1 aliphatic heterocycles. The summed E-state index contributed by atoms with van der Waals surface area (Å²) >= 11 is 0. The fourth-order valence-corrected chi connectivity index (χ4v) is 2.45. The largest absolute Gasteiger partial charge is 0.573 e. The Morgan fingerprint density at radius 2 is 1.75 bits per heavy atom. The van der Waals surface area contributed by atoms with Crippen LogP contribution in [-0.4, -0.2) is 12.9 Å². The maximum absolute atomic E-state index is 12.1. The highest BCUT2D eigenvalue weighted by Crippen LogP contribution is 2.34. The summed E-state index contributed by atoms with van der Waals surface area (Å²) in [6.45, 7) is 0.890. The van der Waals surface area contributed by atoms with Crippen LogP contribution in [0.5, 0.6) is 5.75 Å². The molecular weight excluding hydrogens is 267 g/mol. The van der Waals surface area contributed by atoms with Gasteiger partial charge in [0.25, 0.3) is 0 Å². The van der Waals surface area contributed by atoms with Gasteiger partial charge in [0.15, 0.2) is 0 Å². The normalized spacial score (nSPS) is 13.8. The molecule has 3 rings (SSSR count). The molecule has 0 radical (unpaired) electrons. The number of fused-ring (bicyclic) bond motifs is 1. The molecule has 2 aromatic carbocycles. The van der Waals surface area contributed by atoms with Crippen LogP contribution in [0.3, 0.4) is 0 Å². The number of hydrogen-bond acceptors (Lipinski definition) is 2. The van der Waals surface area contributed by atoms with E-state index in [0.717, 1.165) is 29.8 Å². The molecule has 0 spiro atoms. The first-order valence-corrected chi connectivity index (χ1v) is 6.25. The molecular formula is C15H12F3NO. The van der Waals surface area contributed by atoms with E-state index in [0.29, 0.717) is 0 Å². The Bertz CT molecular complexity index is 620. The van der Waals surface area contributed by atoms with Crippen molar-refractivity contribution in [2.75, 3.05) is 11.9 Å². The van der Waals surface area contributed by atoms with Crippen molar-refractivity contribution in [1.82, 2.24) is 0 Å². The van der Waals surface area contributed by atoms with Crippen molar-refractivity contribution >= 4 is 5.69 Å². The van der Waals surface area contributed by atoms with Crippen LogP contribution in [0.25, 0.3) is 11.1 Å². The van der Waals surface area contributed by atoms with Gasteiger partial charge in [-0.05, 0) is 41.3 Å². The highest BCUT2D eigenvalue weighted by molar-refractivity contribution is 5.76. The molecule has 20 heavy (non-hydrogen) atoms. The SMILES string of the molecule is FC(F)(F)Oc1ccc(-c2cccc3c2CCN3)cc1. The van der Waals surface area contributed by atoms with E-state index in [1.54, 1.807) is 12.1 Å². The smallest absolute Gasteiger partial charge is 0.406 e. The summed E-state index contributed by atoms with van der Waals surface area (Å²) in [6, 6.07) is 11.9. The minimum Gasteiger partial charge on any atom is -0.406 e. The second-order valence-corrected chi connectivity index (χ2v) is 4.58. The van der Waals surface area contributed by atoms with Gasteiger partial charge in [-0.25, -0.2) is 0 Å². The van der Waals surface area contributed by atoms with Gasteiger partial charge in [0.1, 0.15) is 5.75 Å². The lowest BCUT2D eigenvalue weighted by Crippen LogP contribution is -2.16. The number of nitrogens with one attached hydrogen (secondary N) is 1. The lowest BCUT2D eigenvalue weighted by molar-refractivity contribution is -0.274. The minimum absolute atomic E-state index is 0.202. The summed E-state index contributed by atoms with van der Waals surface area (Å²) in [5, 5.41) is 3.28. The van der Waals surface area contributed by atoms with Gasteiger partial charge >= 0.3 is 6.36 Å². The van der Waals surface area contributed by atoms with Crippen LogP contribution in [0, 0.1) is 0 Å². The summed E-state index contributed by atoms with van der Waals surface area (Å²) in [5.41, 5.74) is 4.24. The molecule has 2 nitrogen and oxygen atoms in total. The second kappa shape index (κ2) is 4.74. The monoisotopic (exact) mass is 279 g/mol. The summed E-state index contributed by atoms with van der Waals surface area (Å²) in [7, 11) is 0. The van der Waals surface area contributed by atoms with Gasteiger partial charge in [-0.2, -0.15) is 0 Å². The van der Waals surface area contributed by atoms with E-state index in [1.165, 1.54) is 17.7 Å². The Balaban J connectivity index is 1.91.